The number of likely N-dealkylation sites (tertiary alicyclic amines) is 1. The smallest absolute Gasteiger partial charge is 0.336 e. The van der Waals surface area contributed by atoms with Gasteiger partial charge in [0.05, 0.1) is 15.7 Å². The summed E-state index contributed by atoms with van der Waals surface area (Å²) in [5, 5.41) is 12.2. The predicted molar refractivity (Wildman–Crippen MR) is 79.7 cm³/mol. The van der Waals surface area contributed by atoms with E-state index in [0.717, 1.165) is 19.5 Å². The molecule has 1 aliphatic heterocycles. The van der Waals surface area contributed by atoms with E-state index in [1.807, 2.05) is 0 Å². The fourth-order valence-corrected chi connectivity index (χ4v) is 3.11. The third kappa shape index (κ3) is 3.12. The van der Waals surface area contributed by atoms with Gasteiger partial charge in [-0.3, -0.25) is 0 Å². The Balaban J connectivity index is 2.18. The molecule has 2 atom stereocenters. The Morgan fingerprint density at radius 2 is 2.25 bits per heavy atom. The largest absolute Gasteiger partial charge is 0.478 e. The number of carboxylic acid groups (broad SMARTS) is 1. The fourth-order valence-electron chi connectivity index (χ4n) is 2.59. The SMILES string of the molecule is CC1CN(C)CCC1Nc1ccc(C(=O)O)c(Br)c1F. The number of halogens is 2. The number of hydrogen-bond donors (Lipinski definition) is 2. The van der Waals surface area contributed by atoms with E-state index in [0.29, 0.717) is 11.6 Å². The number of carboxylic acids is 1. The highest BCUT2D eigenvalue weighted by Gasteiger charge is 2.25. The molecule has 0 radical (unpaired) electrons. The van der Waals surface area contributed by atoms with Crippen LogP contribution < -0.4 is 5.32 Å². The Labute approximate surface area is 126 Å². The highest BCUT2D eigenvalue weighted by Crippen LogP contribution is 2.29. The summed E-state index contributed by atoms with van der Waals surface area (Å²) in [6.07, 6.45) is 0.940. The quantitative estimate of drug-likeness (QED) is 0.884. The van der Waals surface area contributed by atoms with Crippen molar-refractivity contribution in [2.24, 2.45) is 5.92 Å². The van der Waals surface area contributed by atoms with Crippen LogP contribution in [0.25, 0.3) is 0 Å². The summed E-state index contributed by atoms with van der Waals surface area (Å²) in [6, 6.07) is 3.11. The van der Waals surface area contributed by atoms with Crippen LogP contribution in [0.5, 0.6) is 0 Å². The van der Waals surface area contributed by atoms with Gasteiger partial charge in [-0.25, -0.2) is 9.18 Å². The van der Waals surface area contributed by atoms with Crippen molar-refractivity contribution in [1.82, 2.24) is 4.90 Å². The topological polar surface area (TPSA) is 52.6 Å². The molecule has 6 heteroatoms. The second kappa shape index (κ2) is 6.10. The average molecular weight is 345 g/mol. The highest BCUT2D eigenvalue weighted by molar-refractivity contribution is 9.10. The van der Waals surface area contributed by atoms with E-state index < -0.39 is 11.8 Å². The van der Waals surface area contributed by atoms with Gasteiger partial charge in [0.15, 0.2) is 5.82 Å². The van der Waals surface area contributed by atoms with Crippen LogP contribution >= 0.6 is 15.9 Å². The summed E-state index contributed by atoms with van der Waals surface area (Å²) in [4.78, 5) is 13.2. The second-order valence-corrected chi connectivity index (χ2v) is 6.17. The number of benzene rings is 1. The molecule has 110 valence electrons. The van der Waals surface area contributed by atoms with Crippen molar-refractivity contribution in [2.45, 2.75) is 19.4 Å². The Hall–Kier alpha value is -1.14. The van der Waals surface area contributed by atoms with Gasteiger partial charge in [0.25, 0.3) is 0 Å². The zero-order valence-corrected chi connectivity index (χ0v) is 13.1. The molecule has 20 heavy (non-hydrogen) atoms. The van der Waals surface area contributed by atoms with Crippen LogP contribution in [0.15, 0.2) is 16.6 Å². The van der Waals surface area contributed by atoms with Gasteiger partial charge in [-0.2, -0.15) is 0 Å². The molecule has 4 nitrogen and oxygen atoms in total. The van der Waals surface area contributed by atoms with Crippen molar-refractivity contribution >= 4 is 27.6 Å². The van der Waals surface area contributed by atoms with Crippen LogP contribution in [-0.4, -0.2) is 42.2 Å². The summed E-state index contributed by atoms with van der Waals surface area (Å²) in [6.45, 7) is 4.07. The lowest BCUT2D eigenvalue weighted by Gasteiger charge is -2.35. The predicted octanol–water partition coefficient (Wildman–Crippen LogP) is 3.04. The van der Waals surface area contributed by atoms with E-state index in [1.54, 1.807) is 0 Å². The van der Waals surface area contributed by atoms with Gasteiger partial charge in [-0.05, 0) is 54.0 Å². The lowest BCUT2D eigenvalue weighted by molar-refractivity contribution is 0.0695. The van der Waals surface area contributed by atoms with Crippen molar-refractivity contribution in [3.63, 3.8) is 0 Å². The summed E-state index contributed by atoms with van der Waals surface area (Å²) < 4.78 is 14.2. The zero-order chi connectivity index (χ0) is 14.9. The summed E-state index contributed by atoms with van der Waals surface area (Å²) in [5.74, 6) is -1.28. The van der Waals surface area contributed by atoms with Gasteiger partial charge in [-0.1, -0.05) is 6.92 Å². The summed E-state index contributed by atoms with van der Waals surface area (Å²) >= 11 is 3.02. The molecule has 1 fully saturated rings. The molecule has 2 unspecified atom stereocenters. The number of aromatic carboxylic acids is 1. The standard InChI is InChI=1S/C14H18BrFN2O2/c1-8-7-18(2)6-5-10(8)17-11-4-3-9(14(19)20)12(15)13(11)16/h3-4,8,10,17H,5-7H2,1-2H3,(H,19,20). The maximum absolute atomic E-state index is 14.2. The van der Waals surface area contributed by atoms with Gasteiger partial charge in [0, 0.05) is 12.6 Å². The van der Waals surface area contributed by atoms with E-state index in [2.05, 4.69) is 40.1 Å². The molecule has 0 aromatic heterocycles. The van der Waals surface area contributed by atoms with Crippen molar-refractivity contribution in [1.29, 1.82) is 0 Å². The molecule has 1 aliphatic rings. The Morgan fingerprint density at radius 1 is 1.55 bits per heavy atom. The number of hydrogen-bond acceptors (Lipinski definition) is 3. The van der Waals surface area contributed by atoms with Crippen LogP contribution in [0.4, 0.5) is 10.1 Å². The van der Waals surface area contributed by atoms with Crippen molar-refractivity contribution < 1.29 is 14.3 Å². The molecule has 0 bridgehead atoms. The first-order valence-electron chi connectivity index (χ1n) is 6.56. The molecule has 1 aromatic carbocycles. The van der Waals surface area contributed by atoms with Gasteiger partial charge in [0.2, 0.25) is 0 Å². The normalized spacial score (nSPS) is 23.6. The minimum atomic E-state index is -1.14. The van der Waals surface area contributed by atoms with E-state index in [-0.39, 0.29) is 16.1 Å². The molecule has 0 saturated carbocycles. The van der Waals surface area contributed by atoms with Crippen LogP contribution in [0.2, 0.25) is 0 Å². The first kappa shape index (κ1) is 15.3. The first-order chi connectivity index (χ1) is 9.40. The van der Waals surface area contributed by atoms with Crippen molar-refractivity contribution in [3.05, 3.63) is 28.0 Å². The Kier molecular flexibility index (Phi) is 4.65. The fraction of sp³-hybridized carbons (Fsp3) is 0.500. The molecule has 2 rings (SSSR count). The third-order valence-corrected chi connectivity index (χ3v) is 4.54. The van der Waals surface area contributed by atoms with Gasteiger partial charge in [-0.15, -0.1) is 0 Å². The summed E-state index contributed by atoms with van der Waals surface area (Å²) in [5.41, 5.74) is 0.285. The zero-order valence-electron chi connectivity index (χ0n) is 11.5. The van der Waals surface area contributed by atoms with Crippen LogP contribution in [0.1, 0.15) is 23.7 Å². The van der Waals surface area contributed by atoms with E-state index in [4.69, 9.17) is 5.11 Å². The number of piperidine rings is 1. The number of rotatable bonds is 3. The second-order valence-electron chi connectivity index (χ2n) is 5.37. The lowest BCUT2D eigenvalue weighted by atomic mass is 9.94. The van der Waals surface area contributed by atoms with E-state index >= 15 is 0 Å². The number of nitrogens with zero attached hydrogens (tertiary/aromatic N) is 1. The molecule has 1 heterocycles. The lowest BCUT2D eigenvalue weighted by Crippen LogP contribution is -2.43. The van der Waals surface area contributed by atoms with Crippen molar-refractivity contribution in [2.75, 3.05) is 25.5 Å². The van der Waals surface area contributed by atoms with Crippen LogP contribution in [0, 0.1) is 11.7 Å². The molecule has 1 saturated heterocycles. The molecule has 0 spiro atoms. The number of anilines is 1. The van der Waals surface area contributed by atoms with Gasteiger partial charge in [0.1, 0.15) is 0 Å². The van der Waals surface area contributed by atoms with Gasteiger partial charge < -0.3 is 15.3 Å². The molecule has 0 amide bonds. The molecule has 0 aliphatic carbocycles. The molecule has 1 aromatic rings. The minimum Gasteiger partial charge on any atom is -0.478 e. The van der Waals surface area contributed by atoms with Crippen LogP contribution in [-0.2, 0) is 0 Å². The first-order valence-corrected chi connectivity index (χ1v) is 7.35. The number of carbonyl (C=O) groups is 1. The average Bonchev–Trinajstić information content (AvgIpc) is 2.37. The summed E-state index contributed by atoms with van der Waals surface area (Å²) in [7, 11) is 2.07. The van der Waals surface area contributed by atoms with Crippen molar-refractivity contribution in [3.8, 4) is 0 Å². The van der Waals surface area contributed by atoms with E-state index in [1.165, 1.54) is 12.1 Å². The Bertz CT molecular complexity index is 524. The highest BCUT2D eigenvalue weighted by atomic mass is 79.9. The van der Waals surface area contributed by atoms with E-state index in [9.17, 15) is 9.18 Å². The molecule has 2 N–H and O–H groups in total. The Morgan fingerprint density at radius 3 is 2.85 bits per heavy atom. The van der Waals surface area contributed by atoms with Gasteiger partial charge >= 0.3 is 5.97 Å². The minimum absolute atomic E-state index is 0.00409. The third-order valence-electron chi connectivity index (χ3n) is 3.76. The molecular formula is C14H18BrFN2O2. The molecular weight excluding hydrogens is 327 g/mol. The number of nitrogens with one attached hydrogen (secondary N) is 1. The van der Waals surface area contributed by atoms with Crippen LogP contribution in [0.3, 0.4) is 0 Å². The monoisotopic (exact) mass is 344 g/mol. The maximum Gasteiger partial charge on any atom is 0.336 e. The maximum atomic E-state index is 14.2.